The fourth-order valence-electron chi connectivity index (χ4n) is 3.78. The Balaban J connectivity index is 2.24. The Morgan fingerprint density at radius 1 is 1.21 bits per heavy atom. The van der Waals surface area contributed by atoms with E-state index in [0.29, 0.717) is 0 Å². The first-order valence-corrected chi connectivity index (χ1v) is 11.5. The van der Waals surface area contributed by atoms with Gasteiger partial charge in [0, 0.05) is 12.1 Å². The van der Waals surface area contributed by atoms with Crippen LogP contribution in [0.1, 0.15) is 39.2 Å². The van der Waals surface area contributed by atoms with Gasteiger partial charge in [-0.3, -0.25) is 19.2 Å². The molecule has 2 rings (SSSR count). The Morgan fingerprint density at radius 3 is 2.38 bits per heavy atom. The third-order valence-corrected chi connectivity index (χ3v) is 5.67. The molecule has 1 heterocycles. The van der Waals surface area contributed by atoms with Crippen molar-refractivity contribution in [3.8, 4) is 0 Å². The number of alkyl halides is 1. The third kappa shape index (κ3) is 7.96. The summed E-state index contributed by atoms with van der Waals surface area (Å²) in [5.41, 5.74) is 11.1. The molecule has 1 aromatic rings. The maximum Gasteiger partial charge on any atom is 0.254 e. The number of primary amides is 1. The molecule has 1 fully saturated rings. The summed E-state index contributed by atoms with van der Waals surface area (Å²) in [6.45, 7) is 5.53. The Bertz CT molecular complexity index is 891. The molecule has 1 aliphatic rings. The van der Waals surface area contributed by atoms with Crippen LogP contribution in [0.3, 0.4) is 0 Å². The minimum atomic E-state index is -1.68. The Kier molecular flexibility index (Phi) is 9.43. The quantitative estimate of drug-likeness (QED) is 0.286. The highest BCUT2D eigenvalue weighted by Gasteiger charge is 2.43. The van der Waals surface area contributed by atoms with Crippen molar-refractivity contribution in [3.05, 3.63) is 35.9 Å². The van der Waals surface area contributed by atoms with E-state index in [1.54, 1.807) is 24.3 Å². The molecule has 7 N–H and O–H groups in total. The first-order chi connectivity index (χ1) is 15.8. The molecule has 0 saturated carbocycles. The van der Waals surface area contributed by atoms with Crippen LogP contribution in [0.25, 0.3) is 0 Å². The van der Waals surface area contributed by atoms with E-state index >= 15 is 0 Å². The van der Waals surface area contributed by atoms with Crippen LogP contribution in [0, 0.1) is 0 Å². The number of nitrogens with one attached hydrogen (secondary N) is 2. The molecule has 188 valence electrons. The average Bonchev–Trinajstić information content (AvgIpc) is 3.13. The van der Waals surface area contributed by atoms with Gasteiger partial charge in [0.25, 0.3) is 5.91 Å². The molecular weight excluding hydrogens is 462 g/mol. The van der Waals surface area contributed by atoms with E-state index < -0.39 is 52.9 Å². The van der Waals surface area contributed by atoms with E-state index in [1.807, 2.05) is 26.8 Å². The van der Waals surface area contributed by atoms with Crippen LogP contribution < -0.4 is 22.1 Å². The predicted octanol–water partition coefficient (Wildman–Crippen LogP) is -0.599. The number of likely N-dealkylation sites (tertiary alicyclic amines) is 1. The maximum absolute atomic E-state index is 13.3. The van der Waals surface area contributed by atoms with E-state index in [0.717, 1.165) is 5.56 Å². The van der Waals surface area contributed by atoms with Gasteiger partial charge in [-0.2, -0.15) is 0 Å². The van der Waals surface area contributed by atoms with Crippen LogP contribution in [-0.2, 0) is 25.6 Å². The Hall–Kier alpha value is -2.69. The summed E-state index contributed by atoms with van der Waals surface area (Å²) < 4.78 is 0. The van der Waals surface area contributed by atoms with Crippen LogP contribution >= 0.6 is 11.6 Å². The van der Waals surface area contributed by atoms with Gasteiger partial charge in [-0.05, 0) is 39.2 Å². The largest absolute Gasteiger partial charge is 0.381 e. The van der Waals surface area contributed by atoms with Gasteiger partial charge in [-0.25, -0.2) is 0 Å². The zero-order valence-corrected chi connectivity index (χ0v) is 20.4. The molecule has 0 bridgehead atoms. The van der Waals surface area contributed by atoms with Crippen LogP contribution in [0.15, 0.2) is 30.3 Å². The van der Waals surface area contributed by atoms with Crippen LogP contribution in [0.2, 0.25) is 0 Å². The molecule has 2 unspecified atom stereocenters. The number of carbonyl (C=O) groups excluding carboxylic acids is 4. The first-order valence-electron chi connectivity index (χ1n) is 11.1. The molecule has 0 radical (unpaired) electrons. The van der Waals surface area contributed by atoms with Gasteiger partial charge in [0.05, 0.1) is 23.9 Å². The molecule has 5 atom stereocenters. The number of aliphatic hydroxyl groups excluding tert-OH is 1. The van der Waals surface area contributed by atoms with E-state index in [4.69, 9.17) is 23.1 Å². The SMILES string of the molecule is CC(C)(C)NC(=O)C1C[C@H](Cl)CN1C(=O)[C@@H](O)[C@H](Cc1ccccc1)NC(=O)C(N)CC(N)=O. The van der Waals surface area contributed by atoms with Crippen molar-refractivity contribution in [1.29, 1.82) is 0 Å². The Labute approximate surface area is 204 Å². The second kappa shape index (κ2) is 11.6. The highest BCUT2D eigenvalue weighted by atomic mass is 35.5. The molecule has 1 aromatic carbocycles. The summed E-state index contributed by atoms with van der Waals surface area (Å²) in [7, 11) is 0. The average molecular weight is 496 g/mol. The molecule has 1 aliphatic heterocycles. The summed E-state index contributed by atoms with van der Waals surface area (Å²) in [4.78, 5) is 51.0. The van der Waals surface area contributed by atoms with Crippen molar-refractivity contribution < 1.29 is 24.3 Å². The van der Waals surface area contributed by atoms with E-state index in [1.165, 1.54) is 4.90 Å². The molecule has 0 spiro atoms. The molecule has 0 aliphatic carbocycles. The van der Waals surface area contributed by atoms with E-state index in [2.05, 4.69) is 10.6 Å². The number of nitrogens with zero attached hydrogens (tertiary/aromatic N) is 1. The zero-order valence-electron chi connectivity index (χ0n) is 19.7. The predicted molar refractivity (Wildman–Crippen MR) is 128 cm³/mol. The summed E-state index contributed by atoms with van der Waals surface area (Å²) in [5.74, 6) is -2.59. The summed E-state index contributed by atoms with van der Waals surface area (Å²) in [5, 5.41) is 16.0. The third-order valence-electron chi connectivity index (χ3n) is 5.35. The molecule has 11 heteroatoms. The number of nitrogens with two attached hydrogens (primary N) is 2. The number of amides is 4. The van der Waals surface area contributed by atoms with Gasteiger partial charge in [0.1, 0.15) is 6.04 Å². The minimum absolute atomic E-state index is 0.0763. The van der Waals surface area contributed by atoms with Crippen molar-refractivity contribution in [2.45, 2.75) is 75.2 Å². The number of hydrogen-bond donors (Lipinski definition) is 5. The summed E-state index contributed by atoms with van der Waals surface area (Å²) in [6.07, 6.45) is -1.72. The second-order valence-corrected chi connectivity index (χ2v) is 10.2. The van der Waals surface area contributed by atoms with Crippen LogP contribution in [0.4, 0.5) is 0 Å². The summed E-state index contributed by atoms with van der Waals surface area (Å²) >= 11 is 6.26. The highest BCUT2D eigenvalue weighted by Crippen LogP contribution is 2.25. The lowest BCUT2D eigenvalue weighted by Crippen LogP contribution is -2.58. The molecule has 10 nitrogen and oxygen atoms in total. The van der Waals surface area contributed by atoms with Gasteiger partial charge in [0.2, 0.25) is 17.7 Å². The van der Waals surface area contributed by atoms with Gasteiger partial charge >= 0.3 is 0 Å². The lowest BCUT2D eigenvalue weighted by Gasteiger charge is -2.32. The van der Waals surface area contributed by atoms with Crippen molar-refractivity contribution in [1.82, 2.24) is 15.5 Å². The zero-order chi connectivity index (χ0) is 25.6. The van der Waals surface area contributed by atoms with E-state index in [-0.39, 0.29) is 31.7 Å². The first kappa shape index (κ1) is 27.6. The molecule has 4 amide bonds. The fraction of sp³-hybridized carbons (Fsp3) is 0.565. The summed E-state index contributed by atoms with van der Waals surface area (Å²) in [6, 6.07) is 5.79. The number of halogens is 1. The maximum atomic E-state index is 13.3. The normalized spacial score (nSPS) is 20.8. The number of aliphatic hydroxyl groups is 1. The van der Waals surface area contributed by atoms with Crippen LogP contribution in [0.5, 0.6) is 0 Å². The molecule has 1 saturated heterocycles. The molecule has 34 heavy (non-hydrogen) atoms. The fourth-order valence-corrected chi connectivity index (χ4v) is 4.10. The van der Waals surface area contributed by atoms with Gasteiger partial charge in [0.15, 0.2) is 6.10 Å². The van der Waals surface area contributed by atoms with E-state index in [9.17, 15) is 24.3 Å². The van der Waals surface area contributed by atoms with Crippen molar-refractivity contribution in [3.63, 3.8) is 0 Å². The number of carbonyl (C=O) groups is 4. The van der Waals surface area contributed by atoms with Crippen molar-refractivity contribution in [2.24, 2.45) is 11.5 Å². The lowest BCUT2D eigenvalue weighted by atomic mass is 9.99. The van der Waals surface area contributed by atoms with Crippen molar-refractivity contribution in [2.75, 3.05) is 6.54 Å². The lowest BCUT2D eigenvalue weighted by molar-refractivity contribution is -0.147. The van der Waals surface area contributed by atoms with Crippen molar-refractivity contribution >= 4 is 35.2 Å². The monoisotopic (exact) mass is 495 g/mol. The molecule has 0 aromatic heterocycles. The highest BCUT2D eigenvalue weighted by molar-refractivity contribution is 6.21. The van der Waals surface area contributed by atoms with Crippen LogP contribution in [-0.4, -0.2) is 75.3 Å². The van der Waals surface area contributed by atoms with Gasteiger partial charge < -0.3 is 32.1 Å². The van der Waals surface area contributed by atoms with Gasteiger partial charge in [-0.1, -0.05) is 30.3 Å². The van der Waals surface area contributed by atoms with Gasteiger partial charge in [-0.15, -0.1) is 11.6 Å². The minimum Gasteiger partial charge on any atom is -0.381 e. The smallest absolute Gasteiger partial charge is 0.254 e. The number of benzene rings is 1. The number of rotatable bonds is 9. The molecular formula is C23H34ClN5O5. The standard InChI is InChI=1S/C23H34ClN5O5/c1-23(2,3)28-21(33)17-10-14(24)12-29(17)22(34)19(31)16(9-13-7-5-4-6-8-13)27-20(32)15(25)11-18(26)30/h4-8,14-17,19,31H,9-12,25H2,1-3H3,(H2,26,30)(H,27,32)(H,28,33)/t14-,15?,16-,17?,19-/m0/s1. The number of hydrogen-bond acceptors (Lipinski definition) is 6. The topological polar surface area (TPSA) is 168 Å². The second-order valence-electron chi connectivity index (χ2n) is 9.61. The Morgan fingerprint density at radius 2 is 1.82 bits per heavy atom.